The minimum Gasteiger partial charge on any atom is -0.501 e. The van der Waals surface area contributed by atoms with Gasteiger partial charge in [0, 0.05) is 23.9 Å². The van der Waals surface area contributed by atoms with E-state index in [-0.39, 0.29) is 28.9 Å². The van der Waals surface area contributed by atoms with Crippen LogP contribution in [0, 0.1) is 11.8 Å². The van der Waals surface area contributed by atoms with Gasteiger partial charge in [0.25, 0.3) is 0 Å². The van der Waals surface area contributed by atoms with Gasteiger partial charge in [-0.1, -0.05) is 70.2 Å². The largest absolute Gasteiger partial charge is 0.501 e. The summed E-state index contributed by atoms with van der Waals surface area (Å²) in [5, 5.41) is 0. The Balaban J connectivity index is 2.43. The summed E-state index contributed by atoms with van der Waals surface area (Å²) in [4.78, 5) is 13.2. The lowest BCUT2D eigenvalue weighted by atomic mass is 9.94. The van der Waals surface area contributed by atoms with Crippen molar-refractivity contribution >= 4 is 17.6 Å². The number of halogens is 6. The molecular formula is C37H47F6N3O2. The van der Waals surface area contributed by atoms with Crippen molar-refractivity contribution in [2.45, 2.75) is 99.0 Å². The molecule has 0 N–H and O–H groups in total. The quantitative estimate of drug-likeness (QED) is 0.0756. The van der Waals surface area contributed by atoms with E-state index < -0.39 is 24.2 Å². The minimum absolute atomic E-state index is 0.0401. The number of allylic oxidation sites excluding steroid dienone is 8. The van der Waals surface area contributed by atoms with Gasteiger partial charge in [0.05, 0.1) is 35.6 Å². The summed E-state index contributed by atoms with van der Waals surface area (Å²) < 4.78 is 94.0. The van der Waals surface area contributed by atoms with Crippen LogP contribution in [-0.4, -0.2) is 37.1 Å². The van der Waals surface area contributed by atoms with Crippen molar-refractivity contribution in [1.82, 2.24) is 0 Å². The fourth-order valence-corrected chi connectivity index (χ4v) is 4.65. The number of benzene rings is 1. The van der Waals surface area contributed by atoms with Gasteiger partial charge in [-0.3, -0.25) is 9.98 Å². The van der Waals surface area contributed by atoms with Crippen molar-refractivity contribution in [2.24, 2.45) is 26.8 Å². The molecule has 0 spiro atoms. The van der Waals surface area contributed by atoms with Crippen LogP contribution in [0.15, 0.2) is 98.2 Å². The second kappa shape index (κ2) is 18.6. The number of hydrogen-bond acceptors (Lipinski definition) is 5. The molecule has 48 heavy (non-hydrogen) atoms. The van der Waals surface area contributed by atoms with Crippen molar-refractivity contribution in [1.29, 1.82) is 0 Å². The van der Waals surface area contributed by atoms with Gasteiger partial charge in [-0.15, -0.1) is 0 Å². The van der Waals surface area contributed by atoms with E-state index in [0.717, 1.165) is 36.6 Å². The first-order valence-corrected chi connectivity index (χ1v) is 16.2. The fraction of sp³-hybridized carbons (Fsp3) is 0.486. The molecule has 0 bridgehead atoms. The average Bonchev–Trinajstić information content (AvgIpc) is 3.88. The standard InChI is InChI=1S/C37H47F6N3O2/c1-9-13-22-45-34(28-15-16-28)32(26(7)47-8)30(14-10-2)44-23-21-25(6)48-35(37(41,42)43)29-19-17-27(18-20-29)33(24(5)11-3)46-31(12-4)36(38,39)40/h12-14,17-24,28,35H,9-11,15-16H2,1-8H3/b22-13-,25-21+,30-14-,31-12-,32-26+,44-23+,45-34-,46-33?. The van der Waals surface area contributed by atoms with Gasteiger partial charge in [-0.25, -0.2) is 4.99 Å². The van der Waals surface area contributed by atoms with E-state index in [1.54, 1.807) is 27.2 Å². The van der Waals surface area contributed by atoms with E-state index in [0.29, 0.717) is 29.9 Å². The van der Waals surface area contributed by atoms with Crippen molar-refractivity contribution in [3.63, 3.8) is 0 Å². The van der Waals surface area contributed by atoms with Crippen LogP contribution in [0.5, 0.6) is 0 Å². The second-order valence-corrected chi connectivity index (χ2v) is 11.4. The molecule has 11 heteroatoms. The van der Waals surface area contributed by atoms with E-state index >= 15 is 0 Å². The molecule has 1 aliphatic carbocycles. The molecule has 0 aromatic heterocycles. The third-order valence-corrected chi connectivity index (χ3v) is 7.60. The Kier molecular flexibility index (Phi) is 15.6. The molecule has 2 atom stereocenters. The Labute approximate surface area is 280 Å². The van der Waals surface area contributed by atoms with Crippen molar-refractivity contribution in [2.75, 3.05) is 7.11 Å². The van der Waals surface area contributed by atoms with Crippen LogP contribution in [0.1, 0.15) is 97.8 Å². The molecular weight excluding hydrogens is 632 g/mol. The monoisotopic (exact) mass is 679 g/mol. The predicted octanol–water partition coefficient (Wildman–Crippen LogP) is 11.6. The third kappa shape index (κ3) is 12.0. The zero-order chi connectivity index (χ0) is 36.1. The molecule has 1 saturated carbocycles. The van der Waals surface area contributed by atoms with Crippen LogP contribution < -0.4 is 0 Å². The number of nitrogens with zero attached hydrogens (tertiary/aromatic N) is 3. The highest BCUT2D eigenvalue weighted by molar-refractivity contribution is 6.07. The van der Waals surface area contributed by atoms with Gasteiger partial charge in [0.2, 0.25) is 6.10 Å². The summed E-state index contributed by atoms with van der Waals surface area (Å²) in [6.07, 6.45) is 1.41. The van der Waals surface area contributed by atoms with Gasteiger partial charge in [0.1, 0.15) is 11.5 Å². The van der Waals surface area contributed by atoms with Crippen molar-refractivity contribution < 1.29 is 35.8 Å². The number of alkyl halides is 6. The molecule has 1 aromatic carbocycles. The SMILES string of the molecule is C/C=C(\N=C(c1ccc(C(O/C(C)=C/C=N/C(=C\CC)C(/C(=N\C=C/CC)C2CC2)=C(/C)OC)C(F)(F)F)cc1)C(C)CC)C(F)(F)F. The van der Waals surface area contributed by atoms with Crippen LogP contribution >= 0.6 is 0 Å². The van der Waals surface area contributed by atoms with E-state index in [9.17, 15) is 26.3 Å². The van der Waals surface area contributed by atoms with Crippen LogP contribution in [0.3, 0.4) is 0 Å². The van der Waals surface area contributed by atoms with E-state index in [1.165, 1.54) is 50.4 Å². The van der Waals surface area contributed by atoms with Gasteiger partial charge in [-0.05, 0) is 70.4 Å². The highest BCUT2D eigenvalue weighted by Gasteiger charge is 2.43. The van der Waals surface area contributed by atoms with Crippen molar-refractivity contribution in [3.8, 4) is 0 Å². The summed E-state index contributed by atoms with van der Waals surface area (Å²) in [5.74, 6) is 0.480. The first-order chi connectivity index (χ1) is 22.6. The normalized spacial score (nSPS) is 18.0. The molecule has 0 saturated heterocycles. The van der Waals surface area contributed by atoms with Crippen LogP contribution in [-0.2, 0) is 9.47 Å². The number of rotatable bonds is 16. The summed E-state index contributed by atoms with van der Waals surface area (Å²) in [5.41, 5.74) is 1.34. The van der Waals surface area contributed by atoms with Gasteiger partial charge < -0.3 is 9.47 Å². The van der Waals surface area contributed by atoms with E-state index in [2.05, 4.69) is 9.98 Å². The highest BCUT2D eigenvalue weighted by atomic mass is 19.4. The summed E-state index contributed by atoms with van der Waals surface area (Å²) in [6, 6.07) is 5.09. The molecule has 2 unspecified atom stereocenters. The molecule has 5 nitrogen and oxygen atoms in total. The Morgan fingerprint density at radius 1 is 1.00 bits per heavy atom. The Morgan fingerprint density at radius 3 is 2.12 bits per heavy atom. The predicted molar refractivity (Wildman–Crippen MR) is 182 cm³/mol. The first-order valence-electron chi connectivity index (χ1n) is 16.2. The van der Waals surface area contributed by atoms with Gasteiger partial charge >= 0.3 is 12.4 Å². The maximum absolute atomic E-state index is 14.2. The molecule has 1 fully saturated rings. The lowest BCUT2D eigenvalue weighted by Crippen LogP contribution is -2.23. The van der Waals surface area contributed by atoms with Gasteiger partial charge in [-0.2, -0.15) is 26.3 Å². The lowest BCUT2D eigenvalue weighted by Gasteiger charge is -2.23. The molecule has 0 heterocycles. The van der Waals surface area contributed by atoms with Crippen LogP contribution in [0.2, 0.25) is 0 Å². The fourth-order valence-electron chi connectivity index (χ4n) is 4.65. The molecule has 1 aromatic rings. The zero-order valence-electron chi connectivity index (χ0n) is 29.0. The third-order valence-electron chi connectivity index (χ3n) is 7.60. The lowest BCUT2D eigenvalue weighted by molar-refractivity contribution is -0.212. The summed E-state index contributed by atoms with van der Waals surface area (Å²) in [6.45, 7) is 11.9. The molecule has 2 rings (SSSR count). The zero-order valence-corrected chi connectivity index (χ0v) is 29.0. The summed E-state index contributed by atoms with van der Waals surface area (Å²) >= 11 is 0. The number of hydrogen-bond donors (Lipinski definition) is 0. The topological polar surface area (TPSA) is 55.5 Å². The smallest absolute Gasteiger partial charge is 0.433 e. The van der Waals surface area contributed by atoms with Crippen molar-refractivity contribution in [3.05, 3.63) is 94.4 Å². The Hall–Kier alpha value is -3.89. The average molecular weight is 680 g/mol. The van der Waals surface area contributed by atoms with Crippen LogP contribution in [0.25, 0.3) is 0 Å². The number of methoxy groups -OCH3 is 1. The molecule has 264 valence electrons. The maximum Gasteiger partial charge on any atom is 0.433 e. The Bertz CT molecular complexity index is 1450. The first kappa shape index (κ1) is 40.3. The Morgan fingerprint density at radius 2 is 1.65 bits per heavy atom. The molecule has 0 aliphatic heterocycles. The highest BCUT2D eigenvalue weighted by Crippen LogP contribution is 2.39. The van der Waals surface area contributed by atoms with Gasteiger partial charge in [0.15, 0.2) is 0 Å². The number of ether oxygens (including phenoxy) is 2. The molecule has 0 radical (unpaired) electrons. The van der Waals surface area contributed by atoms with Crippen LogP contribution in [0.4, 0.5) is 26.3 Å². The minimum atomic E-state index is -4.78. The van der Waals surface area contributed by atoms with E-state index in [4.69, 9.17) is 14.5 Å². The number of aliphatic imine (C=N–C) groups is 3. The summed E-state index contributed by atoms with van der Waals surface area (Å²) in [7, 11) is 1.57. The second-order valence-electron chi connectivity index (χ2n) is 11.4. The van der Waals surface area contributed by atoms with E-state index in [1.807, 2.05) is 32.9 Å². The maximum atomic E-state index is 14.2. The molecule has 0 amide bonds. The molecule has 1 aliphatic rings.